The summed E-state index contributed by atoms with van der Waals surface area (Å²) in [5.41, 5.74) is 0.784. The average Bonchev–Trinajstić information content (AvgIpc) is 2.91. The van der Waals surface area contributed by atoms with Gasteiger partial charge in [0.15, 0.2) is 17.5 Å². The van der Waals surface area contributed by atoms with Crippen LogP contribution in [0, 0.1) is 17.5 Å². The van der Waals surface area contributed by atoms with Crippen molar-refractivity contribution in [1.29, 1.82) is 0 Å². The lowest BCUT2D eigenvalue weighted by atomic mass is 10.2. The summed E-state index contributed by atoms with van der Waals surface area (Å²) in [5, 5.41) is 2.06. The molecule has 0 atom stereocenters. The molecular weight excluding hydrogens is 303 g/mol. The lowest BCUT2D eigenvalue weighted by molar-refractivity contribution is -0.143. The summed E-state index contributed by atoms with van der Waals surface area (Å²) in [7, 11) is 0. The molecule has 0 aliphatic heterocycles. The maximum Gasteiger partial charge on any atom is 0.306 e. The van der Waals surface area contributed by atoms with Crippen molar-refractivity contribution in [2.75, 3.05) is 6.61 Å². The fourth-order valence-electron chi connectivity index (χ4n) is 1.70. The molecule has 0 radical (unpaired) electrons. The van der Waals surface area contributed by atoms with Gasteiger partial charge in [0.1, 0.15) is 5.01 Å². The van der Waals surface area contributed by atoms with Crippen LogP contribution in [0.1, 0.15) is 19.0 Å². The molecule has 0 bridgehead atoms. The molecule has 112 valence electrons. The Morgan fingerprint density at radius 1 is 1.29 bits per heavy atom. The standard InChI is InChI=1S/C14H12F3NO2S/c1-2-20-12(19)4-3-9-7-21-14(18-9)8-5-10(15)13(17)11(16)6-8/h5-7H,2-4H2,1H3. The lowest BCUT2D eigenvalue weighted by Gasteiger charge is -2.00. The van der Waals surface area contributed by atoms with Crippen molar-refractivity contribution in [3.63, 3.8) is 0 Å². The highest BCUT2D eigenvalue weighted by Gasteiger charge is 2.14. The van der Waals surface area contributed by atoms with Gasteiger partial charge in [-0.05, 0) is 19.1 Å². The van der Waals surface area contributed by atoms with Crippen molar-refractivity contribution < 1.29 is 22.7 Å². The zero-order valence-corrected chi connectivity index (χ0v) is 12.0. The number of thiazole rings is 1. The highest BCUT2D eigenvalue weighted by molar-refractivity contribution is 7.13. The fraction of sp³-hybridized carbons (Fsp3) is 0.286. The van der Waals surface area contributed by atoms with E-state index in [0.29, 0.717) is 23.7 Å². The van der Waals surface area contributed by atoms with Crippen LogP contribution < -0.4 is 0 Å². The van der Waals surface area contributed by atoms with Crippen LogP contribution in [-0.2, 0) is 16.0 Å². The summed E-state index contributed by atoms with van der Waals surface area (Å²) >= 11 is 1.17. The van der Waals surface area contributed by atoms with E-state index in [1.807, 2.05) is 0 Å². The van der Waals surface area contributed by atoms with Crippen LogP contribution in [0.3, 0.4) is 0 Å². The number of halogens is 3. The van der Waals surface area contributed by atoms with E-state index in [-0.39, 0.29) is 18.0 Å². The van der Waals surface area contributed by atoms with Crippen LogP contribution in [0.2, 0.25) is 0 Å². The van der Waals surface area contributed by atoms with Crippen molar-refractivity contribution in [2.45, 2.75) is 19.8 Å². The molecule has 0 N–H and O–H groups in total. The quantitative estimate of drug-likeness (QED) is 0.623. The van der Waals surface area contributed by atoms with Crippen LogP contribution in [-0.4, -0.2) is 17.6 Å². The highest BCUT2D eigenvalue weighted by atomic mass is 32.1. The first-order valence-corrected chi connectivity index (χ1v) is 7.14. The Morgan fingerprint density at radius 2 is 1.95 bits per heavy atom. The number of esters is 1. The van der Waals surface area contributed by atoms with Crippen molar-refractivity contribution in [3.05, 3.63) is 40.7 Å². The summed E-state index contributed by atoms with van der Waals surface area (Å²) in [4.78, 5) is 15.4. The van der Waals surface area contributed by atoms with Gasteiger partial charge in [0.25, 0.3) is 0 Å². The number of hydrogen-bond donors (Lipinski definition) is 0. The number of aromatic nitrogens is 1. The second kappa shape index (κ2) is 6.71. The molecule has 3 nitrogen and oxygen atoms in total. The monoisotopic (exact) mass is 315 g/mol. The number of nitrogens with zero attached hydrogens (tertiary/aromatic N) is 1. The van der Waals surface area contributed by atoms with Crippen molar-refractivity contribution >= 4 is 17.3 Å². The smallest absolute Gasteiger partial charge is 0.306 e. The van der Waals surface area contributed by atoms with E-state index in [1.54, 1.807) is 12.3 Å². The molecule has 21 heavy (non-hydrogen) atoms. The van der Waals surface area contributed by atoms with E-state index in [9.17, 15) is 18.0 Å². The SMILES string of the molecule is CCOC(=O)CCc1csc(-c2cc(F)c(F)c(F)c2)n1. The molecule has 0 saturated heterocycles. The van der Waals surface area contributed by atoms with E-state index in [0.717, 1.165) is 12.1 Å². The molecule has 0 saturated carbocycles. The summed E-state index contributed by atoms with van der Waals surface area (Å²) in [6.07, 6.45) is 0.560. The Balaban J connectivity index is 2.11. The van der Waals surface area contributed by atoms with Crippen molar-refractivity contribution in [2.24, 2.45) is 0 Å². The molecule has 7 heteroatoms. The number of benzene rings is 1. The van der Waals surface area contributed by atoms with Crippen molar-refractivity contribution in [3.8, 4) is 10.6 Å². The average molecular weight is 315 g/mol. The molecule has 0 fully saturated rings. The highest BCUT2D eigenvalue weighted by Crippen LogP contribution is 2.27. The third kappa shape index (κ3) is 3.81. The molecular formula is C14H12F3NO2S. The summed E-state index contributed by atoms with van der Waals surface area (Å²) in [6, 6.07) is 1.79. The summed E-state index contributed by atoms with van der Waals surface area (Å²) < 4.78 is 44.0. The Hall–Kier alpha value is -1.89. The topological polar surface area (TPSA) is 39.2 Å². The minimum Gasteiger partial charge on any atom is -0.466 e. The number of carbonyl (C=O) groups excluding carboxylic acids is 1. The molecule has 1 aromatic carbocycles. The number of hydrogen-bond acceptors (Lipinski definition) is 4. The fourth-order valence-corrected chi connectivity index (χ4v) is 2.54. The summed E-state index contributed by atoms with van der Waals surface area (Å²) in [5.74, 6) is -4.34. The van der Waals surface area contributed by atoms with Crippen LogP contribution >= 0.6 is 11.3 Å². The second-order valence-electron chi connectivity index (χ2n) is 4.20. The first-order valence-electron chi connectivity index (χ1n) is 6.26. The Kier molecular flexibility index (Phi) is 4.95. The van der Waals surface area contributed by atoms with E-state index < -0.39 is 17.5 Å². The predicted molar refractivity (Wildman–Crippen MR) is 72.4 cm³/mol. The lowest BCUT2D eigenvalue weighted by Crippen LogP contribution is -2.05. The van der Waals surface area contributed by atoms with Crippen LogP contribution in [0.15, 0.2) is 17.5 Å². The van der Waals surface area contributed by atoms with E-state index in [2.05, 4.69) is 4.98 Å². The minimum absolute atomic E-state index is 0.166. The van der Waals surface area contributed by atoms with Crippen LogP contribution in [0.4, 0.5) is 13.2 Å². The Bertz CT molecular complexity index is 634. The second-order valence-corrected chi connectivity index (χ2v) is 5.06. The van der Waals surface area contributed by atoms with Gasteiger partial charge in [-0.25, -0.2) is 18.2 Å². The maximum atomic E-state index is 13.2. The minimum atomic E-state index is -1.50. The maximum absolute atomic E-state index is 13.2. The van der Waals surface area contributed by atoms with Gasteiger partial charge in [-0.3, -0.25) is 4.79 Å². The predicted octanol–water partition coefficient (Wildman–Crippen LogP) is 3.72. The van der Waals surface area contributed by atoms with E-state index in [1.165, 1.54) is 11.3 Å². The molecule has 1 aromatic heterocycles. The zero-order chi connectivity index (χ0) is 15.4. The molecule has 0 aliphatic rings. The van der Waals surface area contributed by atoms with Crippen LogP contribution in [0.25, 0.3) is 10.6 Å². The van der Waals surface area contributed by atoms with Crippen LogP contribution in [0.5, 0.6) is 0 Å². The molecule has 0 spiro atoms. The van der Waals surface area contributed by atoms with Gasteiger partial charge in [0.2, 0.25) is 0 Å². The van der Waals surface area contributed by atoms with Gasteiger partial charge in [0.05, 0.1) is 18.7 Å². The first-order chi connectivity index (χ1) is 10.0. The third-order valence-corrected chi connectivity index (χ3v) is 3.61. The first kappa shape index (κ1) is 15.5. The number of ether oxygens (including phenoxy) is 1. The largest absolute Gasteiger partial charge is 0.466 e. The molecule has 1 heterocycles. The van der Waals surface area contributed by atoms with Gasteiger partial charge in [-0.2, -0.15) is 0 Å². The molecule has 0 unspecified atom stereocenters. The van der Waals surface area contributed by atoms with Gasteiger partial charge in [-0.1, -0.05) is 0 Å². The van der Waals surface area contributed by atoms with E-state index in [4.69, 9.17) is 4.74 Å². The number of carbonyl (C=O) groups is 1. The summed E-state index contributed by atoms with van der Waals surface area (Å²) in [6.45, 7) is 2.03. The Morgan fingerprint density at radius 3 is 2.57 bits per heavy atom. The normalized spacial score (nSPS) is 10.7. The van der Waals surface area contributed by atoms with Gasteiger partial charge < -0.3 is 4.74 Å². The van der Waals surface area contributed by atoms with Gasteiger partial charge in [0, 0.05) is 17.4 Å². The molecule has 2 rings (SSSR count). The van der Waals surface area contributed by atoms with Gasteiger partial charge in [-0.15, -0.1) is 11.3 Å². The number of rotatable bonds is 5. The number of aryl methyl sites for hydroxylation is 1. The van der Waals surface area contributed by atoms with E-state index >= 15 is 0 Å². The zero-order valence-electron chi connectivity index (χ0n) is 11.2. The molecule has 2 aromatic rings. The molecule has 0 amide bonds. The third-order valence-electron chi connectivity index (χ3n) is 2.67. The molecule has 0 aliphatic carbocycles. The Labute approximate surface area is 123 Å². The van der Waals surface area contributed by atoms with Crippen molar-refractivity contribution in [1.82, 2.24) is 4.98 Å². The van der Waals surface area contributed by atoms with Gasteiger partial charge >= 0.3 is 5.97 Å².